The van der Waals surface area contributed by atoms with Crippen LogP contribution in [-0.4, -0.2) is 68.0 Å². The Bertz CT molecular complexity index is 751. The van der Waals surface area contributed by atoms with Gasteiger partial charge in [-0.25, -0.2) is 8.42 Å². The molecule has 1 N–H and O–H groups in total. The minimum atomic E-state index is -3.38. The Labute approximate surface area is 167 Å². The zero-order valence-electron chi connectivity index (χ0n) is 16.6. The van der Waals surface area contributed by atoms with Gasteiger partial charge in [0.2, 0.25) is 10.0 Å². The largest absolute Gasteiger partial charge is 0.364 e. The molecule has 4 rings (SSSR count). The van der Waals surface area contributed by atoms with Gasteiger partial charge in [0.25, 0.3) is 0 Å². The molecule has 0 spiro atoms. The number of nitrogens with zero attached hydrogens (tertiary/aromatic N) is 4. The standard InChI is InChI=1S/C19H31N5O3S/c1-2-20-19(21-13-18(15-3-4-15)16-5-6-16)23-8-10-24(11-9-23)28(25,26)14-17-7-12-27-22-17/h7,12,15-16,18H,2-6,8-11,13-14H2,1H3,(H,20,21). The molecule has 0 unspecified atom stereocenters. The summed E-state index contributed by atoms with van der Waals surface area (Å²) in [5.74, 6) is 3.35. The number of nitrogens with one attached hydrogen (secondary N) is 1. The van der Waals surface area contributed by atoms with E-state index in [2.05, 4.69) is 22.3 Å². The molecule has 2 saturated carbocycles. The molecule has 0 bridgehead atoms. The molecular formula is C19H31N5O3S. The quantitative estimate of drug-likeness (QED) is 0.517. The fourth-order valence-electron chi connectivity index (χ4n) is 4.12. The van der Waals surface area contributed by atoms with Crippen LogP contribution in [0.1, 0.15) is 38.3 Å². The predicted molar refractivity (Wildman–Crippen MR) is 107 cm³/mol. The topological polar surface area (TPSA) is 91.0 Å². The highest BCUT2D eigenvalue weighted by Gasteiger charge is 2.41. The Hall–Kier alpha value is -1.61. The van der Waals surface area contributed by atoms with Crippen molar-refractivity contribution in [3.63, 3.8) is 0 Å². The number of piperazine rings is 1. The number of aliphatic imine (C=N–C) groups is 1. The van der Waals surface area contributed by atoms with Crippen LogP contribution < -0.4 is 5.32 Å². The van der Waals surface area contributed by atoms with Crippen LogP contribution in [-0.2, 0) is 15.8 Å². The fraction of sp³-hybridized carbons (Fsp3) is 0.789. The first-order valence-corrected chi connectivity index (χ1v) is 12.1. The molecule has 0 atom stereocenters. The molecule has 3 fully saturated rings. The molecular weight excluding hydrogens is 378 g/mol. The molecule has 1 aromatic heterocycles. The summed E-state index contributed by atoms with van der Waals surface area (Å²) in [5.41, 5.74) is 0.448. The highest BCUT2D eigenvalue weighted by atomic mass is 32.2. The Morgan fingerprint density at radius 1 is 1.25 bits per heavy atom. The van der Waals surface area contributed by atoms with Crippen molar-refractivity contribution in [1.82, 2.24) is 19.7 Å². The number of sulfonamides is 1. The summed E-state index contributed by atoms with van der Waals surface area (Å²) in [6.45, 7) is 6.05. The monoisotopic (exact) mass is 409 g/mol. The maximum absolute atomic E-state index is 12.6. The van der Waals surface area contributed by atoms with Gasteiger partial charge in [0.05, 0.1) is 5.69 Å². The van der Waals surface area contributed by atoms with E-state index >= 15 is 0 Å². The van der Waals surface area contributed by atoms with Crippen LogP contribution >= 0.6 is 0 Å². The zero-order chi connectivity index (χ0) is 19.6. The van der Waals surface area contributed by atoms with Crippen molar-refractivity contribution in [2.45, 2.75) is 38.4 Å². The number of hydrogen-bond acceptors (Lipinski definition) is 5. The second-order valence-electron chi connectivity index (χ2n) is 8.17. The van der Waals surface area contributed by atoms with Gasteiger partial charge in [-0.3, -0.25) is 4.99 Å². The lowest BCUT2D eigenvalue weighted by Crippen LogP contribution is -2.54. The first-order chi connectivity index (χ1) is 13.6. The van der Waals surface area contributed by atoms with Gasteiger partial charge < -0.3 is 14.7 Å². The maximum atomic E-state index is 12.6. The number of aromatic nitrogens is 1. The highest BCUT2D eigenvalue weighted by molar-refractivity contribution is 7.88. The lowest BCUT2D eigenvalue weighted by molar-refractivity contribution is 0.259. The number of guanidine groups is 1. The van der Waals surface area contributed by atoms with Crippen molar-refractivity contribution in [3.8, 4) is 0 Å². The second-order valence-corrected chi connectivity index (χ2v) is 10.1. The van der Waals surface area contributed by atoms with Gasteiger partial charge in [-0.15, -0.1) is 0 Å². The van der Waals surface area contributed by atoms with E-state index < -0.39 is 10.0 Å². The molecule has 0 radical (unpaired) electrons. The van der Waals surface area contributed by atoms with Gasteiger partial charge in [-0.1, -0.05) is 5.16 Å². The molecule has 28 heavy (non-hydrogen) atoms. The van der Waals surface area contributed by atoms with Crippen molar-refractivity contribution in [2.24, 2.45) is 22.7 Å². The molecule has 1 aromatic rings. The molecule has 3 aliphatic rings. The third-order valence-corrected chi connectivity index (χ3v) is 7.81. The minimum Gasteiger partial charge on any atom is -0.364 e. The van der Waals surface area contributed by atoms with Crippen molar-refractivity contribution < 1.29 is 12.9 Å². The van der Waals surface area contributed by atoms with Gasteiger partial charge in [-0.05, 0) is 50.4 Å². The summed E-state index contributed by atoms with van der Waals surface area (Å²) in [6.07, 6.45) is 6.88. The van der Waals surface area contributed by atoms with Crippen molar-refractivity contribution >= 4 is 16.0 Å². The van der Waals surface area contributed by atoms with Gasteiger partial charge in [-0.2, -0.15) is 4.31 Å². The van der Waals surface area contributed by atoms with E-state index in [9.17, 15) is 8.42 Å². The lowest BCUT2D eigenvalue weighted by Gasteiger charge is -2.36. The summed E-state index contributed by atoms with van der Waals surface area (Å²) in [6, 6.07) is 1.60. The Morgan fingerprint density at radius 3 is 2.46 bits per heavy atom. The summed E-state index contributed by atoms with van der Waals surface area (Å²) < 4.78 is 31.5. The smallest absolute Gasteiger partial charge is 0.220 e. The Balaban J connectivity index is 1.34. The summed E-state index contributed by atoms with van der Waals surface area (Å²) in [4.78, 5) is 7.15. The van der Waals surface area contributed by atoms with Crippen molar-refractivity contribution in [1.29, 1.82) is 0 Å². The second kappa shape index (κ2) is 8.41. The normalized spacial score (nSPS) is 22.1. The third-order valence-electron chi connectivity index (χ3n) is 5.99. The summed E-state index contributed by atoms with van der Waals surface area (Å²) >= 11 is 0. The Morgan fingerprint density at radius 2 is 1.93 bits per heavy atom. The maximum Gasteiger partial charge on any atom is 0.220 e. The van der Waals surface area contributed by atoms with E-state index in [0.29, 0.717) is 31.9 Å². The van der Waals surface area contributed by atoms with E-state index in [-0.39, 0.29) is 5.75 Å². The van der Waals surface area contributed by atoms with Gasteiger partial charge >= 0.3 is 0 Å². The molecule has 1 aliphatic heterocycles. The number of rotatable bonds is 8. The molecule has 8 nitrogen and oxygen atoms in total. The van der Waals surface area contributed by atoms with Crippen molar-refractivity contribution in [3.05, 3.63) is 18.0 Å². The number of hydrogen-bond donors (Lipinski definition) is 1. The summed E-state index contributed by atoms with van der Waals surface area (Å²) in [5, 5.41) is 7.12. The first-order valence-electron chi connectivity index (χ1n) is 10.5. The molecule has 9 heteroatoms. The van der Waals surface area contributed by atoms with Crippen LogP contribution in [0.4, 0.5) is 0 Å². The van der Waals surface area contributed by atoms with Gasteiger partial charge in [0, 0.05) is 45.3 Å². The zero-order valence-corrected chi connectivity index (χ0v) is 17.4. The third kappa shape index (κ3) is 4.86. The van der Waals surface area contributed by atoms with E-state index in [1.165, 1.54) is 31.9 Å². The highest BCUT2D eigenvalue weighted by Crippen LogP contribution is 2.49. The van der Waals surface area contributed by atoms with E-state index in [1.807, 2.05) is 0 Å². The van der Waals surface area contributed by atoms with Gasteiger partial charge in [0.15, 0.2) is 5.96 Å². The van der Waals surface area contributed by atoms with Crippen LogP contribution in [0.5, 0.6) is 0 Å². The molecule has 156 valence electrons. The van der Waals surface area contributed by atoms with Crippen LogP contribution in [0, 0.1) is 17.8 Å². The molecule has 0 aromatic carbocycles. The summed E-state index contributed by atoms with van der Waals surface area (Å²) in [7, 11) is -3.38. The van der Waals surface area contributed by atoms with Crippen molar-refractivity contribution in [2.75, 3.05) is 39.3 Å². The first kappa shape index (κ1) is 19.7. The van der Waals surface area contributed by atoms with E-state index in [0.717, 1.165) is 36.8 Å². The average Bonchev–Trinajstić information content (AvgIpc) is 3.62. The van der Waals surface area contributed by atoms with Gasteiger partial charge in [0.1, 0.15) is 12.0 Å². The van der Waals surface area contributed by atoms with Crippen LogP contribution in [0.3, 0.4) is 0 Å². The van der Waals surface area contributed by atoms with E-state index in [4.69, 9.17) is 9.52 Å². The van der Waals surface area contributed by atoms with Crippen LogP contribution in [0.15, 0.2) is 21.8 Å². The SMILES string of the molecule is CCNC(=NCC(C1CC1)C1CC1)N1CCN(S(=O)(=O)Cc2ccon2)CC1. The Kier molecular flexibility index (Phi) is 5.91. The lowest BCUT2D eigenvalue weighted by atomic mass is 9.98. The molecule has 2 aliphatic carbocycles. The average molecular weight is 410 g/mol. The predicted octanol–water partition coefficient (Wildman–Crippen LogP) is 1.52. The van der Waals surface area contributed by atoms with E-state index in [1.54, 1.807) is 10.4 Å². The fourth-order valence-corrected chi connectivity index (χ4v) is 5.54. The molecule has 0 amide bonds. The van der Waals surface area contributed by atoms with Crippen LogP contribution in [0.2, 0.25) is 0 Å². The molecule has 1 saturated heterocycles. The van der Waals surface area contributed by atoms with Crippen LogP contribution in [0.25, 0.3) is 0 Å². The minimum absolute atomic E-state index is 0.109. The molecule has 2 heterocycles.